The summed E-state index contributed by atoms with van der Waals surface area (Å²) in [6.07, 6.45) is 2.41. The van der Waals surface area contributed by atoms with Crippen LogP contribution in [0.3, 0.4) is 0 Å². The van der Waals surface area contributed by atoms with Crippen molar-refractivity contribution in [1.82, 2.24) is 5.32 Å². The standard InChI is InChI=1S/C16H25N3O/c1-12(2)18-10-13-6-5-9-19(11-13)15-8-4-3-7-14(15)16(17)20/h3-4,7-8,12-13,18H,5-6,9-11H2,1-2H3,(H2,17,20). The van der Waals surface area contributed by atoms with Gasteiger partial charge in [-0.2, -0.15) is 0 Å². The topological polar surface area (TPSA) is 58.4 Å². The lowest BCUT2D eigenvalue weighted by molar-refractivity contribution is 0.100. The van der Waals surface area contributed by atoms with Crippen molar-refractivity contribution in [2.24, 2.45) is 11.7 Å². The van der Waals surface area contributed by atoms with Crippen LogP contribution in [0.4, 0.5) is 5.69 Å². The highest BCUT2D eigenvalue weighted by Crippen LogP contribution is 2.26. The molecule has 0 aromatic heterocycles. The van der Waals surface area contributed by atoms with E-state index in [0.717, 1.165) is 31.7 Å². The second-order valence-corrected chi connectivity index (χ2v) is 5.90. The zero-order chi connectivity index (χ0) is 14.5. The van der Waals surface area contributed by atoms with Gasteiger partial charge >= 0.3 is 0 Å². The molecule has 4 heteroatoms. The normalized spacial score (nSPS) is 19.4. The van der Waals surface area contributed by atoms with Crippen molar-refractivity contribution < 1.29 is 4.79 Å². The number of benzene rings is 1. The van der Waals surface area contributed by atoms with E-state index in [1.54, 1.807) is 0 Å². The largest absolute Gasteiger partial charge is 0.371 e. The molecule has 1 saturated heterocycles. The third-order valence-corrected chi connectivity index (χ3v) is 3.84. The summed E-state index contributed by atoms with van der Waals surface area (Å²) in [6.45, 7) is 7.37. The molecule has 0 aliphatic carbocycles. The van der Waals surface area contributed by atoms with Crippen LogP contribution >= 0.6 is 0 Å². The number of rotatable bonds is 5. The molecule has 0 spiro atoms. The van der Waals surface area contributed by atoms with Gasteiger partial charge in [-0.15, -0.1) is 0 Å². The smallest absolute Gasteiger partial charge is 0.250 e. The molecule has 1 aliphatic heterocycles. The van der Waals surface area contributed by atoms with Crippen LogP contribution < -0.4 is 16.0 Å². The lowest BCUT2D eigenvalue weighted by atomic mass is 9.96. The number of piperidine rings is 1. The van der Waals surface area contributed by atoms with E-state index in [1.165, 1.54) is 6.42 Å². The number of primary amides is 1. The quantitative estimate of drug-likeness (QED) is 0.864. The zero-order valence-corrected chi connectivity index (χ0v) is 12.4. The molecule has 0 bridgehead atoms. The van der Waals surface area contributed by atoms with Crippen LogP contribution in [-0.2, 0) is 0 Å². The van der Waals surface area contributed by atoms with Gasteiger partial charge in [0.2, 0.25) is 0 Å². The van der Waals surface area contributed by atoms with Gasteiger partial charge in [-0.25, -0.2) is 0 Å². The molecule has 1 aromatic carbocycles. The van der Waals surface area contributed by atoms with Gasteiger partial charge in [-0.05, 0) is 37.4 Å². The van der Waals surface area contributed by atoms with Crippen molar-refractivity contribution >= 4 is 11.6 Å². The highest BCUT2D eigenvalue weighted by Gasteiger charge is 2.22. The minimum atomic E-state index is -0.344. The summed E-state index contributed by atoms with van der Waals surface area (Å²) in [5.41, 5.74) is 7.09. The van der Waals surface area contributed by atoms with Gasteiger partial charge in [0.25, 0.3) is 5.91 Å². The second kappa shape index (κ2) is 6.75. The Hall–Kier alpha value is -1.55. The number of nitrogens with one attached hydrogen (secondary N) is 1. The molecule has 1 fully saturated rings. The lowest BCUT2D eigenvalue weighted by Gasteiger charge is -2.35. The van der Waals surface area contributed by atoms with Gasteiger partial charge in [0, 0.05) is 24.8 Å². The van der Waals surface area contributed by atoms with Crippen LogP contribution in [0.2, 0.25) is 0 Å². The van der Waals surface area contributed by atoms with Crippen LogP contribution in [-0.4, -0.2) is 31.6 Å². The van der Waals surface area contributed by atoms with Crippen LogP contribution in [0.15, 0.2) is 24.3 Å². The Morgan fingerprint density at radius 3 is 2.90 bits per heavy atom. The third-order valence-electron chi connectivity index (χ3n) is 3.84. The van der Waals surface area contributed by atoms with E-state index in [2.05, 4.69) is 24.1 Å². The first-order chi connectivity index (χ1) is 9.58. The highest BCUT2D eigenvalue weighted by atomic mass is 16.1. The second-order valence-electron chi connectivity index (χ2n) is 5.90. The fourth-order valence-corrected chi connectivity index (χ4v) is 2.81. The van der Waals surface area contributed by atoms with Crippen molar-refractivity contribution in [1.29, 1.82) is 0 Å². The summed E-state index contributed by atoms with van der Waals surface area (Å²) in [5, 5.41) is 3.51. The molecule has 1 unspecified atom stereocenters. The molecule has 4 nitrogen and oxygen atoms in total. The van der Waals surface area contributed by atoms with E-state index in [4.69, 9.17) is 5.73 Å². The maximum Gasteiger partial charge on any atom is 0.250 e. The van der Waals surface area contributed by atoms with E-state index in [9.17, 15) is 4.79 Å². The number of para-hydroxylation sites is 1. The third kappa shape index (κ3) is 3.73. The molecule has 110 valence electrons. The Morgan fingerprint density at radius 1 is 1.45 bits per heavy atom. The van der Waals surface area contributed by atoms with Crippen molar-refractivity contribution in [2.45, 2.75) is 32.7 Å². The summed E-state index contributed by atoms with van der Waals surface area (Å²) in [4.78, 5) is 13.8. The molecule has 0 radical (unpaired) electrons. The minimum absolute atomic E-state index is 0.344. The van der Waals surface area contributed by atoms with Crippen LogP contribution in [0, 0.1) is 5.92 Å². The summed E-state index contributed by atoms with van der Waals surface area (Å²) in [5.74, 6) is 0.287. The Morgan fingerprint density at radius 2 is 2.20 bits per heavy atom. The number of nitrogens with zero attached hydrogens (tertiary/aromatic N) is 1. The SMILES string of the molecule is CC(C)NCC1CCCN(c2ccccc2C(N)=O)C1. The Bertz CT molecular complexity index is 459. The summed E-state index contributed by atoms with van der Waals surface area (Å²) < 4.78 is 0. The first-order valence-electron chi connectivity index (χ1n) is 7.45. The van der Waals surface area contributed by atoms with E-state index in [1.807, 2.05) is 24.3 Å². The van der Waals surface area contributed by atoms with Crippen LogP contribution in [0.5, 0.6) is 0 Å². The van der Waals surface area contributed by atoms with Gasteiger partial charge in [-0.3, -0.25) is 4.79 Å². The van der Waals surface area contributed by atoms with Gasteiger partial charge < -0.3 is 16.0 Å². The van der Waals surface area contributed by atoms with Gasteiger partial charge in [-0.1, -0.05) is 26.0 Å². The Labute approximate surface area is 121 Å². The van der Waals surface area contributed by atoms with Crippen molar-refractivity contribution in [3.8, 4) is 0 Å². The van der Waals surface area contributed by atoms with E-state index >= 15 is 0 Å². The Balaban J connectivity index is 2.07. The summed E-state index contributed by atoms with van der Waals surface area (Å²) >= 11 is 0. The predicted molar refractivity (Wildman–Crippen MR) is 83.0 cm³/mol. The maximum atomic E-state index is 11.5. The first kappa shape index (κ1) is 14.9. The fraction of sp³-hybridized carbons (Fsp3) is 0.562. The molecular formula is C16H25N3O. The lowest BCUT2D eigenvalue weighted by Crippen LogP contribution is -2.41. The summed E-state index contributed by atoms with van der Waals surface area (Å²) in [7, 11) is 0. The molecule has 0 saturated carbocycles. The molecule has 20 heavy (non-hydrogen) atoms. The predicted octanol–water partition coefficient (Wildman–Crippen LogP) is 2.00. The monoisotopic (exact) mass is 275 g/mol. The molecule has 2 rings (SSSR count). The molecule has 3 N–H and O–H groups in total. The average molecular weight is 275 g/mol. The molecular weight excluding hydrogens is 250 g/mol. The summed E-state index contributed by atoms with van der Waals surface area (Å²) in [6, 6.07) is 8.16. The van der Waals surface area contributed by atoms with Crippen molar-refractivity contribution in [3.63, 3.8) is 0 Å². The van der Waals surface area contributed by atoms with Crippen LogP contribution in [0.25, 0.3) is 0 Å². The molecule has 1 atom stereocenters. The van der Waals surface area contributed by atoms with Gasteiger partial charge in [0.15, 0.2) is 0 Å². The number of amides is 1. The maximum absolute atomic E-state index is 11.5. The van der Waals surface area contributed by atoms with Gasteiger partial charge in [0.05, 0.1) is 5.56 Å². The molecule has 1 heterocycles. The number of carbonyl (C=O) groups is 1. The zero-order valence-electron chi connectivity index (χ0n) is 12.4. The molecule has 1 amide bonds. The number of carbonyl (C=O) groups excluding carboxylic acids is 1. The number of anilines is 1. The highest BCUT2D eigenvalue weighted by molar-refractivity contribution is 5.98. The number of hydrogen-bond acceptors (Lipinski definition) is 3. The van der Waals surface area contributed by atoms with Crippen LogP contribution in [0.1, 0.15) is 37.0 Å². The fourth-order valence-electron chi connectivity index (χ4n) is 2.81. The van der Waals surface area contributed by atoms with E-state index in [-0.39, 0.29) is 5.91 Å². The minimum Gasteiger partial charge on any atom is -0.371 e. The van der Waals surface area contributed by atoms with E-state index in [0.29, 0.717) is 17.5 Å². The van der Waals surface area contributed by atoms with Crippen molar-refractivity contribution in [3.05, 3.63) is 29.8 Å². The first-order valence-corrected chi connectivity index (χ1v) is 7.45. The molecule has 1 aliphatic rings. The average Bonchev–Trinajstić information content (AvgIpc) is 2.45. The molecule has 1 aromatic rings. The number of hydrogen-bond donors (Lipinski definition) is 2. The van der Waals surface area contributed by atoms with Gasteiger partial charge in [0.1, 0.15) is 0 Å². The van der Waals surface area contributed by atoms with Crippen molar-refractivity contribution in [2.75, 3.05) is 24.5 Å². The van der Waals surface area contributed by atoms with E-state index < -0.39 is 0 Å². The Kier molecular flexibility index (Phi) is 5.01. The number of nitrogens with two attached hydrogens (primary N) is 1.